The summed E-state index contributed by atoms with van der Waals surface area (Å²) in [6, 6.07) is 27.9. The van der Waals surface area contributed by atoms with Gasteiger partial charge in [-0.1, -0.05) is 92.7 Å². The number of hydrogen-bond acceptors (Lipinski definition) is 7. The van der Waals surface area contributed by atoms with E-state index in [-0.39, 0.29) is 29.5 Å². The Labute approximate surface area is 304 Å². The van der Waals surface area contributed by atoms with Crippen LogP contribution in [-0.2, 0) is 20.7 Å². The quantitative estimate of drug-likeness (QED) is 0.0381. The van der Waals surface area contributed by atoms with Crippen molar-refractivity contribution in [3.8, 4) is 17.1 Å². The number of imidazole rings is 1. The molecule has 0 fully saturated rings. The summed E-state index contributed by atoms with van der Waals surface area (Å²) >= 11 is 0. The van der Waals surface area contributed by atoms with Gasteiger partial charge >= 0.3 is 0 Å². The summed E-state index contributed by atoms with van der Waals surface area (Å²) in [4.78, 5) is 29.5. The highest BCUT2D eigenvalue weighted by atomic mass is 16.7. The van der Waals surface area contributed by atoms with E-state index in [1.54, 1.807) is 4.40 Å². The molecule has 11 nitrogen and oxygen atoms in total. The molecule has 0 aliphatic heterocycles. The topological polar surface area (TPSA) is 166 Å². The smallest absolute Gasteiger partial charge is 0.219 e. The molecule has 6 rings (SSSR count). The number of nitrogens with two attached hydrogens (primary N) is 2. The van der Waals surface area contributed by atoms with Crippen molar-refractivity contribution >= 4 is 28.3 Å². The number of Topliss-reactive ketones (excluding diaryl/α,β-unsaturated/α-hetero) is 1. The molecule has 2 unspecified atom stereocenters. The predicted octanol–water partition coefficient (Wildman–Crippen LogP) is 7.09. The molecule has 0 radical (unpaired) electrons. The molecule has 0 spiro atoms. The minimum absolute atomic E-state index is 0.0258. The second kappa shape index (κ2) is 18.1. The SMILES string of the molecule is CCC(c1ccccc1)c1nc2c(CCCN=C(N)N)nc(-c3c[nH]c4ccccc34)cn2c1O.CCOC(OCC)C(=O)C(C)c1ccccc1. The molecule has 2 atom stereocenters. The highest BCUT2D eigenvalue weighted by molar-refractivity contribution is 5.94. The van der Waals surface area contributed by atoms with Gasteiger partial charge in [-0.25, -0.2) is 9.97 Å². The van der Waals surface area contributed by atoms with Crippen LogP contribution in [-0.4, -0.2) is 62.3 Å². The van der Waals surface area contributed by atoms with E-state index in [1.165, 1.54) is 0 Å². The lowest BCUT2D eigenvalue weighted by Crippen LogP contribution is -2.31. The fraction of sp³-hybridized carbons (Fsp3) is 0.317. The molecule has 0 saturated heterocycles. The Balaban J connectivity index is 0.000000259. The number of aromatic nitrogens is 4. The molecule has 0 saturated carbocycles. The number of ether oxygens (including phenoxy) is 2. The van der Waals surface area contributed by atoms with Crippen LogP contribution in [0.5, 0.6) is 5.88 Å². The van der Waals surface area contributed by atoms with Crippen molar-refractivity contribution in [2.24, 2.45) is 16.5 Å². The lowest BCUT2D eigenvalue weighted by atomic mass is 9.93. The standard InChI is InChI=1S/C27H29N7O.C14H20O3/c1-2-18(17-9-4-3-5-10-17)24-26(35)34-16-23(20-15-31-21-12-7-6-11-19(20)21)32-22(25(34)33-24)13-8-14-30-27(28)29;1-4-16-14(17-5-2)13(15)11(3)12-9-7-6-8-10-12/h3-7,9-12,15-16,18,31,35H,2,8,13-14H2,1H3,(H4,28,29,30);6-11,14H,4-5H2,1-3H3. The number of hydrogen-bond donors (Lipinski definition) is 4. The van der Waals surface area contributed by atoms with E-state index in [9.17, 15) is 9.90 Å². The van der Waals surface area contributed by atoms with Crippen LogP contribution in [0.15, 0.2) is 102 Å². The van der Waals surface area contributed by atoms with Crippen LogP contribution in [0, 0.1) is 0 Å². The van der Waals surface area contributed by atoms with Gasteiger partial charge in [0.1, 0.15) is 5.69 Å². The molecule has 3 aromatic heterocycles. The molecule has 0 amide bonds. The summed E-state index contributed by atoms with van der Waals surface area (Å²) in [6.45, 7) is 9.12. The zero-order valence-corrected chi connectivity index (χ0v) is 30.3. The van der Waals surface area contributed by atoms with Crippen LogP contribution in [0.1, 0.15) is 74.9 Å². The highest BCUT2D eigenvalue weighted by Gasteiger charge is 2.26. The van der Waals surface area contributed by atoms with Crippen molar-refractivity contribution in [1.29, 1.82) is 0 Å². The molecule has 3 heterocycles. The van der Waals surface area contributed by atoms with Crippen LogP contribution < -0.4 is 11.5 Å². The zero-order valence-electron chi connectivity index (χ0n) is 30.3. The molecule has 0 bridgehead atoms. The zero-order chi connectivity index (χ0) is 37.0. The second-order valence-corrected chi connectivity index (χ2v) is 12.4. The van der Waals surface area contributed by atoms with E-state index in [0.29, 0.717) is 43.9 Å². The minimum Gasteiger partial charge on any atom is -0.493 e. The number of aromatic hydroxyl groups is 1. The molecular formula is C41H49N7O4. The fourth-order valence-corrected chi connectivity index (χ4v) is 6.28. The maximum absolute atomic E-state index is 12.2. The third-order valence-corrected chi connectivity index (χ3v) is 8.94. The number of para-hydroxylation sites is 1. The lowest BCUT2D eigenvalue weighted by Gasteiger charge is -2.19. The largest absolute Gasteiger partial charge is 0.493 e. The van der Waals surface area contributed by atoms with Crippen LogP contribution in [0.4, 0.5) is 0 Å². The number of nitrogens with one attached hydrogen (secondary N) is 1. The molecule has 52 heavy (non-hydrogen) atoms. The summed E-state index contributed by atoms with van der Waals surface area (Å²) in [6.07, 6.45) is 5.21. The number of nitrogens with zero attached hydrogens (tertiary/aromatic N) is 4. The van der Waals surface area contributed by atoms with E-state index < -0.39 is 6.29 Å². The number of carbonyl (C=O) groups excluding carboxylic acids is 1. The molecule has 6 aromatic rings. The number of benzene rings is 3. The average molecular weight is 704 g/mol. The molecule has 6 N–H and O–H groups in total. The Morgan fingerprint density at radius 3 is 2.17 bits per heavy atom. The third kappa shape index (κ3) is 8.85. The van der Waals surface area contributed by atoms with E-state index in [0.717, 1.165) is 45.4 Å². The highest BCUT2D eigenvalue weighted by Crippen LogP contribution is 2.36. The average Bonchev–Trinajstić information content (AvgIpc) is 3.75. The summed E-state index contributed by atoms with van der Waals surface area (Å²) < 4.78 is 12.4. The predicted molar refractivity (Wildman–Crippen MR) is 206 cm³/mol. The normalized spacial score (nSPS) is 12.4. The molecule has 3 aromatic carbocycles. The van der Waals surface area contributed by atoms with Crippen molar-refractivity contribution in [1.82, 2.24) is 19.4 Å². The van der Waals surface area contributed by atoms with E-state index >= 15 is 0 Å². The number of fused-ring (bicyclic) bond motifs is 2. The lowest BCUT2D eigenvalue weighted by molar-refractivity contribution is -0.169. The first-order chi connectivity index (χ1) is 25.3. The molecule has 0 aliphatic rings. The minimum atomic E-state index is -0.750. The van der Waals surface area contributed by atoms with Gasteiger partial charge < -0.3 is 31.0 Å². The monoisotopic (exact) mass is 703 g/mol. The van der Waals surface area contributed by atoms with Crippen molar-refractivity contribution in [2.75, 3.05) is 19.8 Å². The summed E-state index contributed by atoms with van der Waals surface area (Å²) in [5, 5.41) is 12.4. The van der Waals surface area contributed by atoms with Gasteiger partial charge in [0.15, 0.2) is 17.4 Å². The van der Waals surface area contributed by atoms with E-state index in [4.69, 9.17) is 30.9 Å². The van der Waals surface area contributed by atoms with Gasteiger partial charge in [0, 0.05) is 60.5 Å². The Bertz CT molecular complexity index is 2070. The van der Waals surface area contributed by atoms with Crippen molar-refractivity contribution in [3.05, 3.63) is 120 Å². The van der Waals surface area contributed by atoms with Crippen molar-refractivity contribution in [3.63, 3.8) is 0 Å². The molecule has 272 valence electrons. The number of rotatable bonds is 15. The number of aromatic amines is 1. The van der Waals surface area contributed by atoms with Gasteiger partial charge in [-0.2, -0.15) is 0 Å². The van der Waals surface area contributed by atoms with E-state index in [1.807, 2.05) is 99.9 Å². The van der Waals surface area contributed by atoms with Crippen molar-refractivity contribution < 1.29 is 19.4 Å². The number of ketones is 1. The number of aryl methyl sites for hydroxylation is 1. The summed E-state index contributed by atoms with van der Waals surface area (Å²) in [7, 11) is 0. The first-order valence-electron chi connectivity index (χ1n) is 17.9. The van der Waals surface area contributed by atoms with Gasteiger partial charge in [-0.15, -0.1) is 0 Å². The van der Waals surface area contributed by atoms with Crippen LogP contribution in [0.25, 0.3) is 27.8 Å². The second-order valence-electron chi connectivity index (χ2n) is 12.4. The van der Waals surface area contributed by atoms with Gasteiger partial charge in [0.25, 0.3) is 0 Å². The van der Waals surface area contributed by atoms with Gasteiger partial charge in [0.05, 0.1) is 11.4 Å². The summed E-state index contributed by atoms with van der Waals surface area (Å²) in [5.74, 6) is -0.0453. The molecular weight excluding hydrogens is 654 g/mol. The Kier molecular flexibility index (Phi) is 13.1. The summed E-state index contributed by atoms with van der Waals surface area (Å²) in [5.41, 5.74) is 18.0. The van der Waals surface area contributed by atoms with Gasteiger partial charge in [0.2, 0.25) is 12.2 Å². The number of carbonyl (C=O) groups is 1. The maximum atomic E-state index is 12.2. The molecule has 0 aliphatic carbocycles. The molecule has 11 heteroatoms. The number of guanidine groups is 1. The van der Waals surface area contributed by atoms with Crippen LogP contribution >= 0.6 is 0 Å². The number of H-pyrrole nitrogens is 1. The van der Waals surface area contributed by atoms with Gasteiger partial charge in [-0.05, 0) is 50.3 Å². The maximum Gasteiger partial charge on any atom is 0.219 e. The first kappa shape index (κ1) is 37.7. The van der Waals surface area contributed by atoms with Gasteiger partial charge in [-0.3, -0.25) is 14.2 Å². The van der Waals surface area contributed by atoms with Crippen LogP contribution in [0.3, 0.4) is 0 Å². The fourth-order valence-electron chi connectivity index (χ4n) is 6.28. The Hall–Kier alpha value is -5.52. The van der Waals surface area contributed by atoms with Crippen LogP contribution in [0.2, 0.25) is 0 Å². The van der Waals surface area contributed by atoms with E-state index in [2.05, 4.69) is 35.1 Å². The Morgan fingerprint density at radius 2 is 1.54 bits per heavy atom. The first-order valence-corrected chi connectivity index (χ1v) is 17.9. The third-order valence-electron chi connectivity index (χ3n) is 8.94. The number of aliphatic imine (C=N–C) groups is 1. The van der Waals surface area contributed by atoms with Crippen molar-refractivity contribution in [2.45, 2.75) is 65.1 Å². The Morgan fingerprint density at radius 1 is 0.904 bits per heavy atom.